The lowest BCUT2D eigenvalue weighted by Crippen LogP contribution is -2.13. The van der Waals surface area contributed by atoms with Gasteiger partial charge in [-0.25, -0.2) is 0 Å². The molecule has 4 heteroatoms. The minimum absolute atomic E-state index is 0.103. The number of anilines is 1. The molecular weight excluding hydrogens is 268 g/mol. The number of carbonyl (C=O) groups is 1. The van der Waals surface area contributed by atoms with Crippen molar-refractivity contribution in [2.24, 2.45) is 0 Å². The molecule has 0 spiro atoms. The predicted molar refractivity (Wildman–Crippen MR) is 82.5 cm³/mol. The molecule has 0 saturated heterocycles. The Morgan fingerprint density at radius 1 is 1.30 bits per heavy atom. The molecule has 100 valence electrons. The Bertz CT molecular complexity index is 674. The average Bonchev–Trinajstić information content (AvgIpc) is 2.87. The summed E-state index contributed by atoms with van der Waals surface area (Å²) in [5, 5.41) is 13.8. The fourth-order valence-corrected chi connectivity index (χ4v) is 2.57. The van der Waals surface area contributed by atoms with Crippen LogP contribution in [0.2, 0.25) is 0 Å². The first-order chi connectivity index (χ1) is 9.58. The molecule has 1 N–H and O–H groups in total. The van der Waals surface area contributed by atoms with Crippen LogP contribution >= 0.6 is 11.3 Å². The number of carbonyl (C=O) groups excluding carboxylic acids is 1. The molecule has 0 fully saturated rings. The van der Waals surface area contributed by atoms with E-state index in [0.29, 0.717) is 5.69 Å². The fourth-order valence-electron chi connectivity index (χ4n) is 1.91. The Hall–Kier alpha value is -2.38. The van der Waals surface area contributed by atoms with E-state index in [0.717, 1.165) is 16.0 Å². The van der Waals surface area contributed by atoms with Crippen LogP contribution in [-0.4, -0.2) is 5.91 Å². The minimum atomic E-state index is -0.383. The van der Waals surface area contributed by atoms with Crippen molar-refractivity contribution in [3.05, 3.63) is 57.3 Å². The molecule has 3 nitrogen and oxygen atoms in total. The quantitative estimate of drug-likeness (QED) is 0.685. The highest BCUT2D eigenvalue weighted by Gasteiger charge is 2.10. The summed E-state index contributed by atoms with van der Waals surface area (Å²) < 4.78 is 0. The zero-order valence-electron chi connectivity index (χ0n) is 11.3. The minimum Gasteiger partial charge on any atom is -0.321 e. The third-order valence-electron chi connectivity index (χ3n) is 2.67. The van der Waals surface area contributed by atoms with E-state index < -0.39 is 0 Å². The Balaban J connectivity index is 2.20. The van der Waals surface area contributed by atoms with Crippen LogP contribution in [0.1, 0.15) is 16.0 Å². The SMILES string of the molecule is Cc1cc(C)cc(NC(=O)C(C#N)=Cc2cccs2)c1. The normalized spacial score (nSPS) is 10.9. The third kappa shape index (κ3) is 3.56. The van der Waals surface area contributed by atoms with E-state index in [2.05, 4.69) is 5.32 Å². The Morgan fingerprint density at radius 3 is 2.55 bits per heavy atom. The van der Waals surface area contributed by atoms with Crippen LogP contribution in [0.15, 0.2) is 41.3 Å². The van der Waals surface area contributed by atoms with Gasteiger partial charge in [0.25, 0.3) is 5.91 Å². The first-order valence-corrected chi connectivity index (χ1v) is 7.01. The lowest BCUT2D eigenvalue weighted by Gasteiger charge is -2.06. The van der Waals surface area contributed by atoms with E-state index in [1.807, 2.05) is 55.6 Å². The summed E-state index contributed by atoms with van der Waals surface area (Å²) >= 11 is 1.49. The van der Waals surface area contributed by atoms with Crippen molar-refractivity contribution >= 4 is 29.0 Å². The van der Waals surface area contributed by atoms with Gasteiger partial charge in [-0.15, -0.1) is 11.3 Å². The zero-order valence-corrected chi connectivity index (χ0v) is 12.1. The summed E-state index contributed by atoms with van der Waals surface area (Å²) in [7, 11) is 0. The van der Waals surface area contributed by atoms with E-state index >= 15 is 0 Å². The molecule has 1 aromatic carbocycles. The number of amides is 1. The lowest BCUT2D eigenvalue weighted by molar-refractivity contribution is -0.112. The smallest absolute Gasteiger partial charge is 0.266 e. The Labute approximate surface area is 122 Å². The number of nitrogens with one attached hydrogen (secondary N) is 1. The number of nitrogens with zero attached hydrogens (tertiary/aromatic N) is 1. The van der Waals surface area contributed by atoms with Gasteiger partial charge in [-0.05, 0) is 54.6 Å². The summed E-state index contributed by atoms with van der Waals surface area (Å²) in [6.07, 6.45) is 1.60. The molecular formula is C16H14N2OS. The molecule has 0 radical (unpaired) electrons. The largest absolute Gasteiger partial charge is 0.321 e. The summed E-state index contributed by atoms with van der Waals surface area (Å²) in [5.41, 5.74) is 2.95. The molecule has 0 aliphatic carbocycles. The van der Waals surface area contributed by atoms with Crippen molar-refractivity contribution in [1.29, 1.82) is 5.26 Å². The maximum absolute atomic E-state index is 12.1. The van der Waals surface area contributed by atoms with Gasteiger partial charge in [-0.1, -0.05) is 12.1 Å². The predicted octanol–water partition coefficient (Wildman–Crippen LogP) is 3.91. The number of thiophene rings is 1. The zero-order chi connectivity index (χ0) is 14.5. The molecule has 0 unspecified atom stereocenters. The Morgan fingerprint density at radius 2 is 2.00 bits per heavy atom. The summed E-state index contributed by atoms with van der Waals surface area (Å²) in [4.78, 5) is 13.0. The van der Waals surface area contributed by atoms with Gasteiger partial charge in [0.2, 0.25) is 0 Å². The van der Waals surface area contributed by atoms with Crippen LogP contribution in [0.25, 0.3) is 6.08 Å². The molecule has 0 bridgehead atoms. The number of nitriles is 1. The van der Waals surface area contributed by atoms with E-state index in [1.165, 1.54) is 11.3 Å². The van der Waals surface area contributed by atoms with Crippen molar-refractivity contribution in [2.75, 3.05) is 5.32 Å². The van der Waals surface area contributed by atoms with Gasteiger partial charge < -0.3 is 5.32 Å². The summed E-state index contributed by atoms with van der Waals surface area (Å²) in [6.45, 7) is 3.94. The van der Waals surface area contributed by atoms with Crippen molar-refractivity contribution < 1.29 is 4.79 Å². The standard InChI is InChI=1S/C16H14N2OS/c1-11-6-12(2)8-14(7-11)18-16(19)13(10-17)9-15-4-3-5-20-15/h3-9H,1-2H3,(H,18,19). The van der Waals surface area contributed by atoms with Crippen molar-refractivity contribution in [1.82, 2.24) is 0 Å². The molecule has 0 saturated carbocycles. The molecule has 0 aliphatic heterocycles. The highest BCUT2D eigenvalue weighted by atomic mass is 32.1. The highest BCUT2D eigenvalue weighted by molar-refractivity contribution is 7.10. The number of hydrogen-bond donors (Lipinski definition) is 1. The van der Waals surface area contributed by atoms with Crippen LogP contribution in [0, 0.1) is 25.2 Å². The highest BCUT2D eigenvalue weighted by Crippen LogP contribution is 2.17. The van der Waals surface area contributed by atoms with E-state index in [4.69, 9.17) is 5.26 Å². The van der Waals surface area contributed by atoms with Gasteiger partial charge in [-0.3, -0.25) is 4.79 Å². The molecule has 1 amide bonds. The van der Waals surface area contributed by atoms with Crippen LogP contribution < -0.4 is 5.32 Å². The van der Waals surface area contributed by atoms with Crippen molar-refractivity contribution in [3.8, 4) is 6.07 Å². The van der Waals surface area contributed by atoms with Crippen LogP contribution in [-0.2, 0) is 4.79 Å². The Kier molecular flexibility index (Phi) is 4.34. The molecule has 2 aromatic rings. The number of rotatable bonds is 3. The second kappa shape index (κ2) is 6.18. The summed E-state index contributed by atoms with van der Waals surface area (Å²) in [5.74, 6) is -0.383. The van der Waals surface area contributed by atoms with Gasteiger partial charge in [-0.2, -0.15) is 5.26 Å². The van der Waals surface area contributed by atoms with Crippen molar-refractivity contribution in [2.45, 2.75) is 13.8 Å². The first kappa shape index (κ1) is 14.0. The topological polar surface area (TPSA) is 52.9 Å². The van der Waals surface area contributed by atoms with Crippen LogP contribution in [0.4, 0.5) is 5.69 Å². The molecule has 0 aliphatic rings. The van der Waals surface area contributed by atoms with E-state index in [-0.39, 0.29) is 11.5 Å². The van der Waals surface area contributed by atoms with E-state index in [9.17, 15) is 4.79 Å². The van der Waals surface area contributed by atoms with Gasteiger partial charge in [0.05, 0.1) is 0 Å². The van der Waals surface area contributed by atoms with Gasteiger partial charge >= 0.3 is 0 Å². The van der Waals surface area contributed by atoms with Crippen molar-refractivity contribution in [3.63, 3.8) is 0 Å². The number of aryl methyl sites for hydroxylation is 2. The van der Waals surface area contributed by atoms with Gasteiger partial charge in [0.15, 0.2) is 0 Å². The molecule has 0 atom stereocenters. The monoisotopic (exact) mass is 282 g/mol. The molecule has 1 aromatic heterocycles. The second-order valence-electron chi connectivity index (χ2n) is 4.52. The molecule has 1 heterocycles. The van der Waals surface area contributed by atoms with E-state index in [1.54, 1.807) is 6.08 Å². The fraction of sp³-hybridized carbons (Fsp3) is 0.125. The maximum Gasteiger partial charge on any atom is 0.266 e. The van der Waals surface area contributed by atoms with Crippen LogP contribution in [0.5, 0.6) is 0 Å². The molecule has 20 heavy (non-hydrogen) atoms. The maximum atomic E-state index is 12.1. The average molecular weight is 282 g/mol. The van der Waals surface area contributed by atoms with Crippen LogP contribution in [0.3, 0.4) is 0 Å². The number of benzene rings is 1. The lowest BCUT2D eigenvalue weighted by atomic mass is 10.1. The van der Waals surface area contributed by atoms with Gasteiger partial charge in [0, 0.05) is 10.6 Å². The number of hydrogen-bond acceptors (Lipinski definition) is 3. The third-order valence-corrected chi connectivity index (χ3v) is 3.49. The molecule has 2 rings (SSSR count). The first-order valence-electron chi connectivity index (χ1n) is 6.13. The summed E-state index contributed by atoms with van der Waals surface area (Å²) in [6, 6.07) is 11.5. The second-order valence-corrected chi connectivity index (χ2v) is 5.50. The van der Waals surface area contributed by atoms with Gasteiger partial charge in [0.1, 0.15) is 11.6 Å².